The lowest BCUT2D eigenvalue weighted by Crippen LogP contribution is -2.53. The Morgan fingerprint density at radius 1 is 1.11 bits per heavy atom. The zero-order valence-electron chi connectivity index (χ0n) is 23.9. The molecule has 1 heterocycles. The first kappa shape index (κ1) is 30.7. The van der Waals surface area contributed by atoms with Crippen LogP contribution in [0.5, 0.6) is 5.75 Å². The van der Waals surface area contributed by atoms with Crippen LogP contribution in [0.2, 0.25) is 18.1 Å². The molecule has 2 N–H and O–H groups in total. The molecular weight excluding hydrogens is 490 g/mol. The van der Waals surface area contributed by atoms with Gasteiger partial charge in [0, 0.05) is 13.5 Å². The summed E-state index contributed by atoms with van der Waals surface area (Å²) in [7, 11) is -0.576. The average Bonchev–Trinajstić information content (AvgIpc) is 3.29. The molecular formula is C26H45N5O5Si. The number of nitrogens with zero attached hydrogens (tertiary/aromatic N) is 3. The Bertz CT molecular complexity index is 940. The van der Waals surface area contributed by atoms with Crippen molar-refractivity contribution < 1.29 is 23.4 Å². The molecule has 0 saturated carbocycles. The number of methoxy groups -OCH3 is 1. The van der Waals surface area contributed by atoms with E-state index >= 15 is 0 Å². The number of hydrogen-bond acceptors (Lipinski definition) is 8. The lowest BCUT2D eigenvalue weighted by Gasteiger charge is -2.42. The summed E-state index contributed by atoms with van der Waals surface area (Å²) in [6, 6.07) is 7.49. The van der Waals surface area contributed by atoms with Gasteiger partial charge in [0.15, 0.2) is 20.9 Å². The van der Waals surface area contributed by atoms with E-state index in [9.17, 15) is 4.79 Å². The van der Waals surface area contributed by atoms with Crippen LogP contribution in [0.15, 0.2) is 24.3 Å². The van der Waals surface area contributed by atoms with E-state index in [0.29, 0.717) is 18.7 Å². The number of nitrogens with one attached hydrogen (secondary N) is 2. The standard InChI is InChI=1S/C26H45N5O5Si/c1-25(2,3)35-24(32)27-21(17-19-13-15-20(16-14-19)34-18-33-7)22(36-37(8,9)26(4,5)6)11-10-12-23-28-30-31-29-23/h13-16,21-22H,10-12,17-18H2,1-9H3,(H,27,32)(H,28,29,30,31)/t21-,22-/m1/s1. The van der Waals surface area contributed by atoms with Gasteiger partial charge in [-0.1, -0.05) is 38.1 Å². The number of aromatic amines is 1. The highest BCUT2D eigenvalue weighted by atomic mass is 28.4. The fourth-order valence-corrected chi connectivity index (χ4v) is 4.88. The molecule has 0 aliphatic rings. The number of alkyl carbamates (subject to hydrolysis) is 1. The minimum atomic E-state index is -2.16. The highest BCUT2D eigenvalue weighted by molar-refractivity contribution is 6.74. The maximum atomic E-state index is 12.9. The van der Waals surface area contributed by atoms with E-state index in [0.717, 1.165) is 24.2 Å². The van der Waals surface area contributed by atoms with Crippen LogP contribution in [0, 0.1) is 0 Å². The van der Waals surface area contributed by atoms with E-state index in [4.69, 9.17) is 18.6 Å². The average molecular weight is 536 g/mol. The first-order chi connectivity index (χ1) is 17.2. The maximum absolute atomic E-state index is 12.9. The van der Waals surface area contributed by atoms with Crippen molar-refractivity contribution in [2.45, 2.75) is 103 Å². The number of tetrazole rings is 1. The van der Waals surface area contributed by atoms with Gasteiger partial charge in [0.05, 0.1) is 12.1 Å². The third-order valence-electron chi connectivity index (χ3n) is 6.40. The van der Waals surface area contributed by atoms with Crippen LogP contribution in [0.1, 0.15) is 65.8 Å². The number of amides is 1. The SMILES string of the molecule is COCOc1ccc(C[C@@H](NC(=O)OC(C)(C)C)[C@@H](CCCc2nn[nH]n2)O[Si](C)(C)C(C)(C)C)cc1. The third kappa shape index (κ3) is 10.8. The van der Waals surface area contributed by atoms with Crippen LogP contribution in [0.25, 0.3) is 0 Å². The van der Waals surface area contributed by atoms with E-state index in [1.54, 1.807) is 7.11 Å². The van der Waals surface area contributed by atoms with Gasteiger partial charge in [0.1, 0.15) is 11.4 Å². The first-order valence-electron chi connectivity index (χ1n) is 12.8. The van der Waals surface area contributed by atoms with Gasteiger partial charge in [-0.3, -0.25) is 0 Å². The monoisotopic (exact) mass is 535 g/mol. The number of carbonyl (C=O) groups excluding carboxylic acids is 1. The highest BCUT2D eigenvalue weighted by Gasteiger charge is 2.41. The van der Waals surface area contributed by atoms with Gasteiger partial charge in [0.25, 0.3) is 0 Å². The van der Waals surface area contributed by atoms with Gasteiger partial charge >= 0.3 is 6.09 Å². The van der Waals surface area contributed by atoms with Gasteiger partial charge < -0.3 is 24.0 Å². The minimum Gasteiger partial charge on any atom is -0.468 e. The summed E-state index contributed by atoms with van der Waals surface area (Å²) in [4.78, 5) is 12.9. The number of benzene rings is 1. The molecule has 1 aromatic carbocycles. The van der Waals surface area contributed by atoms with Crippen molar-refractivity contribution in [1.29, 1.82) is 0 Å². The van der Waals surface area contributed by atoms with Crippen molar-refractivity contribution in [3.8, 4) is 5.75 Å². The molecule has 0 aliphatic heterocycles. The second kappa shape index (κ2) is 13.3. The quantitative estimate of drug-likeness (QED) is 0.271. The number of ether oxygens (including phenoxy) is 3. The molecule has 0 spiro atoms. The van der Waals surface area contributed by atoms with E-state index in [1.165, 1.54) is 0 Å². The van der Waals surface area contributed by atoms with E-state index < -0.39 is 20.0 Å². The summed E-state index contributed by atoms with van der Waals surface area (Å²) < 4.78 is 23.1. The van der Waals surface area contributed by atoms with Crippen LogP contribution in [-0.4, -0.2) is 66.7 Å². The molecule has 2 atom stereocenters. The Kier molecular flexibility index (Phi) is 11.1. The lowest BCUT2D eigenvalue weighted by atomic mass is 9.97. The van der Waals surface area contributed by atoms with Crippen LogP contribution < -0.4 is 10.1 Å². The molecule has 37 heavy (non-hydrogen) atoms. The van der Waals surface area contributed by atoms with Crippen molar-refractivity contribution in [2.24, 2.45) is 0 Å². The number of aromatic nitrogens is 4. The topological polar surface area (TPSA) is 120 Å². The van der Waals surface area contributed by atoms with Gasteiger partial charge in [0.2, 0.25) is 0 Å². The lowest BCUT2D eigenvalue weighted by molar-refractivity contribution is 0.0423. The predicted octanol–water partition coefficient (Wildman–Crippen LogP) is 5.03. The number of hydrogen-bond donors (Lipinski definition) is 2. The van der Waals surface area contributed by atoms with Crippen molar-refractivity contribution in [3.05, 3.63) is 35.7 Å². The number of aryl methyl sites for hydroxylation is 1. The molecule has 0 aliphatic carbocycles. The molecule has 208 valence electrons. The normalized spacial score (nSPS) is 14.2. The second-order valence-electron chi connectivity index (χ2n) is 11.8. The molecule has 0 fully saturated rings. The molecule has 0 saturated heterocycles. The number of carbonyl (C=O) groups is 1. The Morgan fingerprint density at radius 2 is 1.78 bits per heavy atom. The van der Waals surface area contributed by atoms with Gasteiger partial charge in [-0.25, -0.2) is 4.79 Å². The van der Waals surface area contributed by atoms with Gasteiger partial charge in [-0.05, 0) is 75.9 Å². The first-order valence-corrected chi connectivity index (χ1v) is 15.7. The molecule has 2 rings (SSSR count). The highest BCUT2D eigenvalue weighted by Crippen LogP contribution is 2.38. The van der Waals surface area contributed by atoms with Crippen LogP contribution >= 0.6 is 0 Å². The van der Waals surface area contributed by atoms with E-state index in [2.05, 4.69) is 59.8 Å². The summed E-state index contributed by atoms with van der Waals surface area (Å²) in [5.74, 6) is 1.38. The molecule has 0 unspecified atom stereocenters. The minimum absolute atomic E-state index is 0.00965. The van der Waals surface area contributed by atoms with Crippen molar-refractivity contribution >= 4 is 14.4 Å². The molecule has 0 bridgehead atoms. The predicted molar refractivity (Wildman–Crippen MR) is 145 cm³/mol. The summed E-state index contributed by atoms with van der Waals surface area (Å²) in [6.07, 6.45) is 2.06. The second-order valence-corrected chi connectivity index (χ2v) is 16.5. The summed E-state index contributed by atoms with van der Waals surface area (Å²) in [5, 5.41) is 17.4. The Hall–Kier alpha value is -2.50. The summed E-state index contributed by atoms with van der Waals surface area (Å²) in [5.41, 5.74) is 0.441. The smallest absolute Gasteiger partial charge is 0.407 e. The van der Waals surface area contributed by atoms with Gasteiger partial charge in [-0.15, -0.1) is 10.2 Å². The number of H-pyrrole nitrogens is 1. The molecule has 2 aromatic rings. The zero-order chi connectivity index (χ0) is 27.7. The fourth-order valence-electron chi connectivity index (χ4n) is 3.48. The molecule has 10 nitrogen and oxygen atoms in total. The zero-order valence-corrected chi connectivity index (χ0v) is 24.9. The summed E-state index contributed by atoms with van der Waals surface area (Å²) >= 11 is 0. The van der Waals surface area contributed by atoms with E-state index in [1.807, 2.05) is 45.0 Å². The molecule has 1 amide bonds. The molecule has 1 aromatic heterocycles. The van der Waals surface area contributed by atoms with E-state index in [-0.39, 0.29) is 24.0 Å². The number of rotatable bonds is 13. The largest absolute Gasteiger partial charge is 0.468 e. The van der Waals surface area contributed by atoms with Crippen molar-refractivity contribution in [1.82, 2.24) is 25.9 Å². The molecule has 0 radical (unpaired) electrons. The maximum Gasteiger partial charge on any atom is 0.407 e. The Morgan fingerprint density at radius 3 is 2.32 bits per heavy atom. The van der Waals surface area contributed by atoms with Crippen LogP contribution in [-0.2, 0) is 26.7 Å². The fraction of sp³-hybridized carbons (Fsp3) is 0.692. The van der Waals surface area contributed by atoms with Crippen LogP contribution in [0.3, 0.4) is 0 Å². The molecule has 11 heteroatoms. The van der Waals surface area contributed by atoms with Crippen LogP contribution in [0.4, 0.5) is 4.79 Å². The van der Waals surface area contributed by atoms with Crippen molar-refractivity contribution in [2.75, 3.05) is 13.9 Å². The third-order valence-corrected chi connectivity index (χ3v) is 10.9. The Balaban J connectivity index is 2.30. The van der Waals surface area contributed by atoms with Crippen molar-refractivity contribution in [3.63, 3.8) is 0 Å². The summed E-state index contributed by atoms with van der Waals surface area (Å²) in [6.45, 7) is 16.8. The Labute approximate surface area is 222 Å². The van der Waals surface area contributed by atoms with Gasteiger partial charge in [-0.2, -0.15) is 5.21 Å².